The van der Waals surface area contributed by atoms with Crippen LogP contribution in [0.1, 0.15) is 32.6 Å². The average molecular weight is 270 g/mol. The molecule has 0 bridgehead atoms. The van der Waals surface area contributed by atoms with E-state index in [-0.39, 0.29) is 17.7 Å². The average Bonchev–Trinajstić information content (AvgIpc) is 2.20. The Hall–Kier alpha value is 0.160. The smallest absolute Gasteiger partial charge is 0.212 e. The highest BCUT2D eigenvalue weighted by Gasteiger charge is 2.27. The molecule has 96 valence electrons. The lowest BCUT2D eigenvalue weighted by molar-refractivity contribution is 0.101. The van der Waals surface area contributed by atoms with Gasteiger partial charge in [0.15, 0.2) is 0 Å². The lowest BCUT2D eigenvalue weighted by Gasteiger charge is -2.28. The van der Waals surface area contributed by atoms with Gasteiger partial charge in [0, 0.05) is 11.9 Å². The molecule has 0 aliphatic heterocycles. The molecule has 0 radical (unpaired) electrons. The van der Waals surface area contributed by atoms with E-state index in [9.17, 15) is 13.5 Å². The molecule has 16 heavy (non-hydrogen) atoms. The van der Waals surface area contributed by atoms with E-state index in [4.69, 9.17) is 11.6 Å². The standard InChI is InChI=1S/C10H20ClNO3S/c1-8(6-11)7-16(14,15)12-9-4-2-3-5-10(9)13/h8-10,12-13H,2-7H2,1H3/t8?,9-,10-/m1/s1. The molecule has 6 heteroatoms. The Morgan fingerprint density at radius 2 is 2.06 bits per heavy atom. The van der Waals surface area contributed by atoms with Crippen LogP contribution in [0.2, 0.25) is 0 Å². The number of aliphatic hydroxyl groups excluding tert-OH is 1. The molecule has 3 atom stereocenters. The van der Waals surface area contributed by atoms with E-state index < -0.39 is 16.1 Å². The zero-order chi connectivity index (χ0) is 12.2. The number of aliphatic hydroxyl groups is 1. The number of alkyl halides is 1. The van der Waals surface area contributed by atoms with Crippen molar-refractivity contribution in [1.82, 2.24) is 4.72 Å². The molecule has 0 aromatic heterocycles. The Kier molecular flexibility index (Phi) is 5.50. The number of sulfonamides is 1. The first-order chi connectivity index (χ1) is 7.44. The molecule has 0 aromatic carbocycles. The van der Waals surface area contributed by atoms with E-state index in [1.54, 1.807) is 6.92 Å². The summed E-state index contributed by atoms with van der Waals surface area (Å²) in [7, 11) is -3.32. The van der Waals surface area contributed by atoms with Crippen LogP contribution < -0.4 is 4.72 Å². The highest BCUT2D eigenvalue weighted by atomic mass is 35.5. The van der Waals surface area contributed by atoms with Crippen LogP contribution in [0.5, 0.6) is 0 Å². The molecule has 0 amide bonds. The third-order valence-corrected chi connectivity index (χ3v) is 5.02. The minimum atomic E-state index is -3.32. The van der Waals surface area contributed by atoms with Crippen LogP contribution in [0, 0.1) is 5.92 Å². The molecule has 1 saturated carbocycles. The quantitative estimate of drug-likeness (QED) is 0.734. The van der Waals surface area contributed by atoms with Gasteiger partial charge in [-0.25, -0.2) is 13.1 Å². The summed E-state index contributed by atoms with van der Waals surface area (Å²) in [6.45, 7) is 1.80. The second-order valence-corrected chi connectivity index (χ2v) is 6.72. The first-order valence-corrected chi connectivity index (χ1v) is 7.87. The van der Waals surface area contributed by atoms with Gasteiger partial charge in [-0.15, -0.1) is 11.6 Å². The Balaban J connectivity index is 2.51. The molecule has 1 aliphatic rings. The minimum Gasteiger partial charge on any atom is -0.391 e. The van der Waals surface area contributed by atoms with Gasteiger partial charge in [0.05, 0.1) is 11.9 Å². The third kappa shape index (κ3) is 4.57. The summed E-state index contributed by atoms with van der Waals surface area (Å²) in [6.07, 6.45) is 2.79. The molecule has 0 aromatic rings. The topological polar surface area (TPSA) is 66.4 Å². The van der Waals surface area contributed by atoms with Crippen LogP contribution in [0.4, 0.5) is 0 Å². The minimum absolute atomic E-state index is 0.0275. The van der Waals surface area contributed by atoms with Gasteiger partial charge in [-0.05, 0) is 18.8 Å². The van der Waals surface area contributed by atoms with Crippen LogP contribution in [0.15, 0.2) is 0 Å². The molecule has 0 saturated heterocycles. The summed E-state index contributed by atoms with van der Waals surface area (Å²) in [5.41, 5.74) is 0. The number of nitrogens with one attached hydrogen (secondary N) is 1. The van der Waals surface area contributed by atoms with Crippen LogP contribution in [0.25, 0.3) is 0 Å². The van der Waals surface area contributed by atoms with E-state index in [0.29, 0.717) is 12.3 Å². The zero-order valence-electron chi connectivity index (χ0n) is 9.52. The SMILES string of the molecule is CC(CCl)CS(=O)(=O)N[C@@H]1CCCC[C@H]1O. The van der Waals surface area contributed by atoms with E-state index in [1.807, 2.05) is 0 Å². The summed E-state index contributed by atoms with van der Waals surface area (Å²) < 4.78 is 26.0. The van der Waals surface area contributed by atoms with E-state index in [1.165, 1.54) is 0 Å². The summed E-state index contributed by atoms with van der Waals surface area (Å²) >= 11 is 5.59. The first-order valence-electron chi connectivity index (χ1n) is 5.68. The van der Waals surface area contributed by atoms with Gasteiger partial charge in [-0.1, -0.05) is 19.8 Å². The largest absolute Gasteiger partial charge is 0.391 e. The van der Waals surface area contributed by atoms with Crippen molar-refractivity contribution in [3.8, 4) is 0 Å². The summed E-state index contributed by atoms with van der Waals surface area (Å²) in [5, 5.41) is 9.67. The van der Waals surface area contributed by atoms with E-state index in [0.717, 1.165) is 19.3 Å². The van der Waals surface area contributed by atoms with Crippen molar-refractivity contribution < 1.29 is 13.5 Å². The van der Waals surface area contributed by atoms with E-state index >= 15 is 0 Å². The fraction of sp³-hybridized carbons (Fsp3) is 1.00. The Morgan fingerprint density at radius 1 is 1.44 bits per heavy atom. The van der Waals surface area contributed by atoms with Crippen LogP contribution in [-0.4, -0.2) is 37.3 Å². The second kappa shape index (κ2) is 6.19. The maximum Gasteiger partial charge on any atom is 0.212 e. The van der Waals surface area contributed by atoms with Crippen molar-refractivity contribution in [3.05, 3.63) is 0 Å². The Morgan fingerprint density at radius 3 is 2.62 bits per heavy atom. The van der Waals surface area contributed by atoms with Crippen molar-refractivity contribution in [2.45, 2.75) is 44.8 Å². The summed E-state index contributed by atoms with van der Waals surface area (Å²) in [4.78, 5) is 0. The normalized spacial score (nSPS) is 28.9. The molecule has 1 aliphatic carbocycles. The molecule has 1 fully saturated rings. The number of hydrogen-bond donors (Lipinski definition) is 2. The lowest BCUT2D eigenvalue weighted by atomic mass is 9.93. The molecule has 4 nitrogen and oxygen atoms in total. The van der Waals surface area contributed by atoms with Gasteiger partial charge in [0.25, 0.3) is 0 Å². The van der Waals surface area contributed by atoms with Gasteiger partial charge >= 0.3 is 0 Å². The highest BCUT2D eigenvalue weighted by Crippen LogP contribution is 2.19. The number of rotatable bonds is 5. The number of hydrogen-bond acceptors (Lipinski definition) is 3. The van der Waals surface area contributed by atoms with Crippen molar-refractivity contribution >= 4 is 21.6 Å². The summed E-state index contributed by atoms with van der Waals surface area (Å²) in [6, 6.07) is -0.318. The van der Waals surface area contributed by atoms with E-state index in [2.05, 4.69) is 4.72 Å². The van der Waals surface area contributed by atoms with Gasteiger partial charge in [-0.2, -0.15) is 0 Å². The Bertz CT molecular complexity index is 307. The Labute approximate surface area is 102 Å². The molecule has 1 unspecified atom stereocenters. The highest BCUT2D eigenvalue weighted by molar-refractivity contribution is 7.89. The maximum atomic E-state index is 11.7. The second-order valence-electron chi connectivity index (χ2n) is 4.62. The predicted molar refractivity (Wildman–Crippen MR) is 65.1 cm³/mol. The van der Waals surface area contributed by atoms with Gasteiger partial charge in [-0.3, -0.25) is 0 Å². The monoisotopic (exact) mass is 269 g/mol. The third-order valence-electron chi connectivity index (χ3n) is 2.83. The van der Waals surface area contributed by atoms with Gasteiger partial charge < -0.3 is 5.11 Å². The molecular formula is C10H20ClNO3S. The van der Waals surface area contributed by atoms with Crippen molar-refractivity contribution in [2.75, 3.05) is 11.6 Å². The van der Waals surface area contributed by atoms with Crippen LogP contribution >= 0.6 is 11.6 Å². The van der Waals surface area contributed by atoms with Crippen LogP contribution in [-0.2, 0) is 10.0 Å². The lowest BCUT2D eigenvalue weighted by Crippen LogP contribution is -2.46. The van der Waals surface area contributed by atoms with Crippen LogP contribution in [0.3, 0.4) is 0 Å². The first kappa shape index (κ1) is 14.2. The van der Waals surface area contributed by atoms with Gasteiger partial charge in [0.1, 0.15) is 0 Å². The maximum absolute atomic E-state index is 11.7. The summed E-state index contributed by atoms with van der Waals surface area (Å²) in [5.74, 6) is 0.285. The molecule has 0 heterocycles. The van der Waals surface area contributed by atoms with Crippen molar-refractivity contribution in [3.63, 3.8) is 0 Å². The molecule has 1 rings (SSSR count). The van der Waals surface area contributed by atoms with Gasteiger partial charge in [0.2, 0.25) is 10.0 Å². The van der Waals surface area contributed by atoms with Crippen molar-refractivity contribution in [2.24, 2.45) is 5.92 Å². The predicted octanol–water partition coefficient (Wildman–Crippen LogP) is 1.08. The molecule has 0 spiro atoms. The fourth-order valence-corrected chi connectivity index (χ4v) is 3.88. The zero-order valence-corrected chi connectivity index (χ0v) is 11.1. The number of halogens is 1. The fourth-order valence-electron chi connectivity index (χ4n) is 1.95. The van der Waals surface area contributed by atoms with Crippen molar-refractivity contribution in [1.29, 1.82) is 0 Å². The molecular weight excluding hydrogens is 250 g/mol. The molecule has 2 N–H and O–H groups in total.